The number of nitrogens with two attached hydrogens (primary N) is 1. The topological polar surface area (TPSA) is 74.2 Å². The number of methoxy groups -OCH3 is 1. The molecule has 2 N–H and O–H groups in total. The summed E-state index contributed by atoms with van der Waals surface area (Å²) in [6.07, 6.45) is 0. The zero-order chi connectivity index (χ0) is 12.3. The van der Waals surface area contributed by atoms with Crippen molar-refractivity contribution in [3.63, 3.8) is 0 Å². The minimum atomic E-state index is -0.416. The molecule has 2 rings (SSSR count). The summed E-state index contributed by atoms with van der Waals surface area (Å²) in [6, 6.07) is 6.80. The van der Waals surface area contributed by atoms with Crippen LogP contribution in [0.15, 0.2) is 28.8 Å². The fourth-order valence-corrected chi connectivity index (χ4v) is 1.57. The van der Waals surface area contributed by atoms with Gasteiger partial charge >= 0.3 is 0 Å². The largest absolute Gasteiger partial charge is 0.383 e. The molecule has 1 unspecified atom stereocenters. The summed E-state index contributed by atoms with van der Waals surface area (Å²) in [4.78, 5) is 4.20. The number of hydrogen-bond acceptors (Lipinski definition) is 5. The number of rotatable bonds is 4. The number of nitrogens with zero attached hydrogens (tertiary/aromatic N) is 2. The number of ether oxygens (including phenoxy) is 1. The number of benzene rings is 1. The molecule has 17 heavy (non-hydrogen) atoms. The van der Waals surface area contributed by atoms with E-state index in [2.05, 4.69) is 10.1 Å². The molecule has 0 bridgehead atoms. The van der Waals surface area contributed by atoms with Gasteiger partial charge in [0.2, 0.25) is 11.7 Å². The molecular weight excluding hydrogens is 242 g/mol. The lowest BCUT2D eigenvalue weighted by atomic mass is 10.2. The molecule has 1 aromatic heterocycles. The smallest absolute Gasteiger partial charge is 0.246 e. The average molecular weight is 254 g/mol. The van der Waals surface area contributed by atoms with Gasteiger partial charge in [-0.15, -0.1) is 0 Å². The Balaban J connectivity index is 2.23. The number of hydrogen-bond donors (Lipinski definition) is 1. The highest BCUT2D eigenvalue weighted by atomic mass is 35.5. The first kappa shape index (κ1) is 12.0. The predicted octanol–water partition coefficient (Wildman–Crippen LogP) is 2.04. The average Bonchev–Trinajstić information content (AvgIpc) is 2.78. The van der Waals surface area contributed by atoms with Crippen LogP contribution in [0.1, 0.15) is 11.9 Å². The van der Waals surface area contributed by atoms with E-state index in [0.717, 1.165) is 5.56 Å². The van der Waals surface area contributed by atoms with Gasteiger partial charge in [0.05, 0.1) is 6.61 Å². The van der Waals surface area contributed by atoms with E-state index in [0.29, 0.717) is 23.3 Å². The molecule has 0 aliphatic rings. The minimum Gasteiger partial charge on any atom is -0.383 e. The van der Waals surface area contributed by atoms with Crippen molar-refractivity contribution in [3.05, 3.63) is 35.2 Å². The van der Waals surface area contributed by atoms with Crippen molar-refractivity contribution in [1.82, 2.24) is 10.1 Å². The van der Waals surface area contributed by atoms with Crippen LogP contribution < -0.4 is 5.73 Å². The lowest BCUT2D eigenvalue weighted by Gasteiger charge is -2.02. The normalized spacial score (nSPS) is 12.6. The van der Waals surface area contributed by atoms with E-state index in [1.165, 1.54) is 0 Å². The summed E-state index contributed by atoms with van der Waals surface area (Å²) in [7, 11) is 1.56. The molecule has 90 valence electrons. The first-order chi connectivity index (χ1) is 8.20. The van der Waals surface area contributed by atoms with Crippen LogP contribution in [0.2, 0.25) is 5.02 Å². The zero-order valence-electron chi connectivity index (χ0n) is 9.26. The third-order valence-electron chi connectivity index (χ3n) is 2.19. The second-order valence-corrected chi connectivity index (χ2v) is 3.96. The highest BCUT2D eigenvalue weighted by molar-refractivity contribution is 6.30. The van der Waals surface area contributed by atoms with Gasteiger partial charge in [-0.25, -0.2) is 0 Å². The van der Waals surface area contributed by atoms with Gasteiger partial charge in [-0.2, -0.15) is 4.98 Å². The highest BCUT2D eigenvalue weighted by Crippen LogP contribution is 2.21. The van der Waals surface area contributed by atoms with Gasteiger partial charge in [0, 0.05) is 17.7 Å². The molecule has 1 atom stereocenters. The van der Waals surface area contributed by atoms with Crippen LogP contribution >= 0.6 is 11.6 Å². The number of aromatic nitrogens is 2. The van der Waals surface area contributed by atoms with E-state index < -0.39 is 6.04 Å². The van der Waals surface area contributed by atoms with Crippen LogP contribution in [0.3, 0.4) is 0 Å². The third kappa shape index (κ3) is 2.82. The monoisotopic (exact) mass is 253 g/mol. The SMILES string of the molecule is COCC(N)c1nc(-c2cccc(Cl)c2)no1. The van der Waals surface area contributed by atoms with Crippen LogP contribution in [0.5, 0.6) is 0 Å². The Morgan fingerprint density at radius 1 is 1.53 bits per heavy atom. The van der Waals surface area contributed by atoms with Crippen molar-refractivity contribution in [3.8, 4) is 11.4 Å². The standard InChI is InChI=1S/C11H12ClN3O2/c1-16-6-9(13)11-14-10(15-17-11)7-3-2-4-8(12)5-7/h2-5,9H,6,13H2,1H3. The Bertz CT molecular complexity index is 501. The molecule has 1 heterocycles. The number of halogens is 1. The molecule has 1 aromatic carbocycles. The fraction of sp³-hybridized carbons (Fsp3) is 0.273. The summed E-state index contributed by atoms with van der Waals surface area (Å²) in [5.41, 5.74) is 6.57. The molecule has 0 spiro atoms. The van der Waals surface area contributed by atoms with E-state index in [1.54, 1.807) is 19.2 Å². The molecule has 0 aliphatic heterocycles. The quantitative estimate of drug-likeness (QED) is 0.903. The molecule has 5 nitrogen and oxygen atoms in total. The Labute approximate surface area is 104 Å². The van der Waals surface area contributed by atoms with Gasteiger partial charge in [-0.3, -0.25) is 0 Å². The van der Waals surface area contributed by atoms with E-state index in [1.807, 2.05) is 12.1 Å². The van der Waals surface area contributed by atoms with Gasteiger partial charge in [0.1, 0.15) is 6.04 Å². The zero-order valence-corrected chi connectivity index (χ0v) is 10.0. The van der Waals surface area contributed by atoms with Gasteiger partial charge < -0.3 is 15.0 Å². The van der Waals surface area contributed by atoms with Crippen LogP contribution in [-0.4, -0.2) is 23.9 Å². The Hall–Kier alpha value is -1.43. The van der Waals surface area contributed by atoms with E-state index in [-0.39, 0.29) is 0 Å². The minimum absolute atomic E-state index is 0.331. The van der Waals surface area contributed by atoms with Crippen molar-refractivity contribution in [2.45, 2.75) is 6.04 Å². The highest BCUT2D eigenvalue weighted by Gasteiger charge is 2.15. The first-order valence-corrected chi connectivity index (χ1v) is 5.42. The van der Waals surface area contributed by atoms with Crippen molar-refractivity contribution in [2.24, 2.45) is 5.73 Å². The fourth-order valence-electron chi connectivity index (χ4n) is 1.38. The molecular formula is C11H12ClN3O2. The van der Waals surface area contributed by atoms with Crippen molar-refractivity contribution < 1.29 is 9.26 Å². The summed E-state index contributed by atoms with van der Waals surface area (Å²) < 4.78 is 9.98. The van der Waals surface area contributed by atoms with Gasteiger partial charge in [-0.1, -0.05) is 28.9 Å². The molecule has 0 saturated carbocycles. The molecule has 0 radical (unpaired) electrons. The molecule has 0 aliphatic carbocycles. The van der Waals surface area contributed by atoms with Crippen molar-refractivity contribution in [2.75, 3.05) is 13.7 Å². The van der Waals surface area contributed by atoms with Crippen LogP contribution in [0, 0.1) is 0 Å². The maximum absolute atomic E-state index is 5.88. The van der Waals surface area contributed by atoms with E-state index in [9.17, 15) is 0 Å². The van der Waals surface area contributed by atoms with Crippen molar-refractivity contribution >= 4 is 11.6 Å². The van der Waals surface area contributed by atoms with E-state index in [4.69, 9.17) is 26.6 Å². The molecule has 0 saturated heterocycles. The Kier molecular flexibility index (Phi) is 3.73. The second-order valence-electron chi connectivity index (χ2n) is 3.53. The van der Waals surface area contributed by atoms with Gasteiger partial charge in [0.15, 0.2) is 0 Å². The van der Waals surface area contributed by atoms with Gasteiger partial charge in [-0.05, 0) is 12.1 Å². The third-order valence-corrected chi connectivity index (χ3v) is 2.42. The van der Waals surface area contributed by atoms with Gasteiger partial charge in [0.25, 0.3) is 0 Å². The summed E-state index contributed by atoms with van der Waals surface area (Å²) in [6.45, 7) is 0.331. The maximum atomic E-state index is 5.88. The molecule has 2 aromatic rings. The van der Waals surface area contributed by atoms with Crippen LogP contribution in [0.25, 0.3) is 11.4 Å². The summed E-state index contributed by atoms with van der Waals surface area (Å²) >= 11 is 5.88. The lowest BCUT2D eigenvalue weighted by Crippen LogP contribution is -2.16. The van der Waals surface area contributed by atoms with Crippen LogP contribution in [0.4, 0.5) is 0 Å². The van der Waals surface area contributed by atoms with E-state index >= 15 is 0 Å². The predicted molar refractivity (Wildman–Crippen MR) is 63.5 cm³/mol. The summed E-state index contributed by atoms with van der Waals surface area (Å²) in [5.74, 6) is 0.816. The van der Waals surface area contributed by atoms with Crippen molar-refractivity contribution in [1.29, 1.82) is 0 Å². The molecule has 6 heteroatoms. The summed E-state index contributed by atoms with van der Waals surface area (Å²) in [5, 5.41) is 4.47. The van der Waals surface area contributed by atoms with Crippen LogP contribution in [-0.2, 0) is 4.74 Å². The second kappa shape index (κ2) is 5.27. The first-order valence-electron chi connectivity index (χ1n) is 5.05. The molecule has 0 amide bonds. The molecule has 0 fully saturated rings. The Morgan fingerprint density at radius 2 is 2.35 bits per heavy atom. The Morgan fingerprint density at radius 3 is 3.06 bits per heavy atom. The lowest BCUT2D eigenvalue weighted by molar-refractivity contribution is 0.166. The maximum Gasteiger partial charge on any atom is 0.246 e.